The number of para-hydroxylation sites is 1. The van der Waals surface area contributed by atoms with Crippen LogP contribution in [0, 0.1) is 5.82 Å². The van der Waals surface area contributed by atoms with E-state index in [9.17, 15) is 0 Å². The fourth-order valence-electron chi connectivity index (χ4n) is 13.6. The lowest BCUT2D eigenvalue weighted by Gasteiger charge is -2.63. The van der Waals surface area contributed by atoms with Crippen molar-refractivity contribution in [3.63, 3.8) is 0 Å². The lowest BCUT2D eigenvalue weighted by Crippen LogP contribution is -2.60. The average molecular weight is 844 g/mol. The van der Waals surface area contributed by atoms with Crippen LogP contribution >= 0.6 is 11.3 Å². The van der Waals surface area contributed by atoms with Crippen LogP contribution < -0.4 is 4.90 Å². The van der Waals surface area contributed by atoms with Gasteiger partial charge in [-0.3, -0.25) is 0 Å². The lowest BCUT2D eigenvalue weighted by molar-refractivity contribution is 0.417. The first-order valence-corrected chi connectivity index (χ1v) is 23.4. The Balaban J connectivity index is 1.22. The van der Waals surface area contributed by atoms with E-state index >= 15 is 4.39 Å². The Kier molecular flexibility index (Phi) is 7.74. The van der Waals surface area contributed by atoms with Gasteiger partial charge in [-0.1, -0.05) is 165 Å². The topological polar surface area (TPSA) is 3.24 Å². The number of hydrogen-bond donors (Lipinski definition) is 0. The summed E-state index contributed by atoms with van der Waals surface area (Å²) in [4.78, 5) is 2.68. The largest absolute Gasteiger partial charge is 0.328 e. The summed E-state index contributed by atoms with van der Waals surface area (Å²) in [6.45, 7) is 9.99. The van der Waals surface area contributed by atoms with Crippen LogP contribution in [0.4, 0.5) is 15.8 Å². The van der Waals surface area contributed by atoms with Crippen molar-refractivity contribution in [1.82, 2.24) is 0 Å². The molecule has 64 heavy (non-hydrogen) atoms. The molecule has 1 aromatic heterocycles. The molecule has 3 heteroatoms. The zero-order valence-corrected chi connectivity index (χ0v) is 37.2. The maximum absolute atomic E-state index is 15.4. The van der Waals surface area contributed by atoms with Gasteiger partial charge in [-0.15, -0.1) is 11.3 Å². The number of fused-ring (bicyclic) bond motifs is 11. The second-order valence-electron chi connectivity index (χ2n) is 18.9. The van der Waals surface area contributed by atoms with Gasteiger partial charge in [-0.05, 0) is 130 Å². The Morgan fingerprint density at radius 1 is 0.547 bits per heavy atom. The molecular formula is C61H46FNS. The molecule has 0 saturated carbocycles. The van der Waals surface area contributed by atoms with Gasteiger partial charge in [0.05, 0.1) is 11.0 Å². The molecule has 0 radical (unpaired) electrons. The maximum Gasteiger partial charge on any atom is 0.123 e. The molecule has 1 nitrogen and oxygen atoms in total. The van der Waals surface area contributed by atoms with Crippen molar-refractivity contribution >= 4 is 42.9 Å². The van der Waals surface area contributed by atoms with Gasteiger partial charge in [0.25, 0.3) is 0 Å². The van der Waals surface area contributed by atoms with E-state index in [0.717, 1.165) is 16.8 Å². The summed E-state index contributed by atoms with van der Waals surface area (Å²) in [6, 6.07) is 71.0. The van der Waals surface area contributed by atoms with Gasteiger partial charge in [0.15, 0.2) is 0 Å². The van der Waals surface area contributed by atoms with Crippen molar-refractivity contribution in [2.45, 2.75) is 55.4 Å². The summed E-state index contributed by atoms with van der Waals surface area (Å²) in [5.74, 6) is -0.204. The molecule has 4 unspecified atom stereocenters. The van der Waals surface area contributed by atoms with Gasteiger partial charge in [0.1, 0.15) is 5.82 Å². The molecule has 0 spiro atoms. The van der Waals surface area contributed by atoms with Crippen molar-refractivity contribution in [2.24, 2.45) is 0 Å². The third-order valence-corrected chi connectivity index (χ3v) is 17.0. The highest BCUT2D eigenvalue weighted by Crippen LogP contribution is 2.73. The van der Waals surface area contributed by atoms with Crippen molar-refractivity contribution in [2.75, 3.05) is 4.90 Å². The van der Waals surface area contributed by atoms with Gasteiger partial charge in [0, 0.05) is 48.3 Å². The van der Waals surface area contributed by atoms with E-state index in [-0.39, 0.29) is 11.7 Å². The molecule has 1 aliphatic heterocycles. The van der Waals surface area contributed by atoms with Crippen molar-refractivity contribution < 1.29 is 4.39 Å². The van der Waals surface area contributed by atoms with Crippen LogP contribution in [0.25, 0.3) is 31.3 Å². The lowest BCUT2D eigenvalue weighted by atomic mass is 9.46. The number of halogens is 1. The standard InChI is InChI=1S/C61H46FNS/c1-38-44-26-18-27-45(39-19-17-24-42(62)35-39)56(44)60(4)50-30-14-15-31-51(50)63(43-33-34-53-47(36-43)46-25-11-16-32-52(46)64-53)58(2)37-54-59(3,55(38)57(58)60)48-28-12-13-29-49(48)61(54,40-20-7-5-8-21-40)41-22-9-6-10-23-41/h5-38H,1-4H3. The minimum atomic E-state index is -0.676. The number of hydrogen-bond acceptors (Lipinski definition) is 2. The smallest absolute Gasteiger partial charge is 0.123 e. The minimum absolute atomic E-state index is 0.0189. The fourth-order valence-corrected chi connectivity index (χ4v) is 14.7. The van der Waals surface area contributed by atoms with Gasteiger partial charge < -0.3 is 4.90 Å². The second-order valence-corrected chi connectivity index (χ2v) is 20.0. The van der Waals surface area contributed by atoms with Crippen LogP contribution in [0.1, 0.15) is 72.6 Å². The Morgan fingerprint density at radius 3 is 1.94 bits per heavy atom. The molecule has 0 N–H and O–H groups in total. The van der Waals surface area contributed by atoms with Crippen LogP contribution in [-0.2, 0) is 16.2 Å². The Hall–Kier alpha value is -6.81. The number of rotatable bonds is 4. The van der Waals surface area contributed by atoms with E-state index in [1.165, 1.54) is 81.5 Å². The molecule has 8 aromatic carbocycles. The molecule has 13 rings (SSSR count). The molecule has 0 saturated heterocycles. The van der Waals surface area contributed by atoms with Crippen molar-refractivity contribution in [1.29, 1.82) is 0 Å². The summed E-state index contributed by atoms with van der Waals surface area (Å²) in [6.07, 6.45) is 2.72. The summed E-state index contributed by atoms with van der Waals surface area (Å²) in [5.41, 5.74) is 15.3. The summed E-state index contributed by atoms with van der Waals surface area (Å²) in [7, 11) is 0. The molecule has 0 amide bonds. The maximum atomic E-state index is 15.4. The van der Waals surface area contributed by atoms with Crippen molar-refractivity contribution in [3.8, 4) is 11.1 Å². The molecule has 9 aromatic rings. The van der Waals surface area contributed by atoms with E-state index in [4.69, 9.17) is 0 Å². The van der Waals surface area contributed by atoms with E-state index in [1.807, 2.05) is 17.4 Å². The molecule has 4 atom stereocenters. The van der Waals surface area contributed by atoms with Gasteiger partial charge in [-0.25, -0.2) is 4.39 Å². The summed E-state index contributed by atoms with van der Waals surface area (Å²) < 4.78 is 18.0. The van der Waals surface area contributed by atoms with Gasteiger partial charge in [0.2, 0.25) is 0 Å². The van der Waals surface area contributed by atoms with Crippen LogP contribution in [0.5, 0.6) is 0 Å². The third-order valence-electron chi connectivity index (χ3n) is 15.9. The normalized spacial score (nSPS) is 23.5. The Bertz CT molecular complexity index is 3450. The zero-order chi connectivity index (χ0) is 43.2. The molecular weight excluding hydrogens is 798 g/mol. The zero-order valence-electron chi connectivity index (χ0n) is 36.4. The second kappa shape index (κ2) is 13.1. The summed E-state index contributed by atoms with van der Waals surface area (Å²) in [5, 5.41) is 2.57. The molecule has 0 bridgehead atoms. The molecule has 4 aliphatic rings. The van der Waals surface area contributed by atoms with Crippen LogP contribution in [0.2, 0.25) is 0 Å². The number of nitrogens with zero attached hydrogens (tertiary/aromatic N) is 1. The van der Waals surface area contributed by atoms with E-state index in [1.54, 1.807) is 12.1 Å². The number of anilines is 2. The molecule has 0 fully saturated rings. The van der Waals surface area contributed by atoms with Crippen molar-refractivity contribution in [3.05, 3.63) is 262 Å². The first kappa shape index (κ1) is 37.7. The van der Waals surface area contributed by atoms with E-state index in [0.29, 0.717) is 0 Å². The minimum Gasteiger partial charge on any atom is -0.328 e. The SMILES string of the molecule is CC1C2=C3C(C)(c4ccccc4N(c4ccc5sc6ccccc6c5c4)C3(C)C=C3C2(C)c2ccccc2C3(c2ccccc2)c2ccccc2)c2c(-c3cccc(F)c3)cccc21. The Morgan fingerprint density at radius 2 is 1.19 bits per heavy atom. The molecule has 3 aliphatic carbocycles. The predicted molar refractivity (Wildman–Crippen MR) is 265 cm³/mol. The van der Waals surface area contributed by atoms with Crippen LogP contribution in [-0.4, -0.2) is 5.54 Å². The highest BCUT2D eigenvalue weighted by atomic mass is 32.1. The molecule has 308 valence electrons. The number of benzene rings is 8. The quantitative estimate of drug-likeness (QED) is 0.160. The predicted octanol–water partition coefficient (Wildman–Crippen LogP) is 15.7. The first-order valence-electron chi connectivity index (χ1n) is 22.6. The first-order chi connectivity index (χ1) is 31.2. The van der Waals surface area contributed by atoms with Crippen LogP contribution in [0.3, 0.4) is 0 Å². The third kappa shape index (κ3) is 4.58. The Labute approximate surface area is 378 Å². The highest BCUT2D eigenvalue weighted by molar-refractivity contribution is 7.25. The number of thiophene rings is 1. The number of allylic oxidation sites excluding steroid dienone is 2. The summed E-state index contributed by atoms with van der Waals surface area (Å²) >= 11 is 1.86. The molecule has 2 heterocycles. The monoisotopic (exact) mass is 843 g/mol. The van der Waals surface area contributed by atoms with E-state index in [2.05, 4.69) is 215 Å². The fraction of sp³-hybridized carbons (Fsp3) is 0.148. The van der Waals surface area contributed by atoms with Gasteiger partial charge >= 0.3 is 0 Å². The van der Waals surface area contributed by atoms with E-state index < -0.39 is 21.8 Å². The average Bonchev–Trinajstić information content (AvgIpc) is 3.81. The highest BCUT2D eigenvalue weighted by Gasteiger charge is 2.67. The van der Waals surface area contributed by atoms with Crippen LogP contribution in [0.15, 0.2) is 217 Å². The van der Waals surface area contributed by atoms with Gasteiger partial charge in [-0.2, -0.15) is 0 Å².